The minimum Gasteiger partial charge on any atom is -0.462 e. The molecule has 3 aliphatic rings. The molecule has 1 heterocycles. The highest BCUT2D eigenvalue weighted by Crippen LogP contribution is 2.64. The van der Waals surface area contributed by atoms with Gasteiger partial charge in [0.2, 0.25) is 5.91 Å². The van der Waals surface area contributed by atoms with Gasteiger partial charge in [-0.25, -0.2) is 0 Å². The Bertz CT molecular complexity index is 655. The predicted octanol–water partition coefficient (Wildman–Crippen LogP) is 3.36. The van der Waals surface area contributed by atoms with Crippen molar-refractivity contribution in [3.05, 3.63) is 11.6 Å². The maximum atomic E-state index is 12.0. The molecular weight excluding hydrogens is 342 g/mol. The molecule has 3 rings (SSSR count). The average molecular weight is 378 g/mol. The van der Waals surface area contributed by atoms with Crippen LogP contribution in [0, 0.1) is 22.7 Å². The molecule has 5 heteroatoms. The fourth-order valence-electron chi connectivity index (χ4n) is 6.60. The van der Waals surface area contributed by atoms with E-state index < -0.39 is 5.60 Å². The van der Waals surface area contributed by atoms with Crippen molar-refractivity contribution in [1.82, 2.24) is 5.32 Å². The molecule has 1 amide bonds. The standard InChI is InChI=1S/C22H35NO4/c1-14-13-17(27-15(2)24)18-20(3,4)9-6-10-21(18,5)22(14,26)11-7-16-8-12-23-19(16)25/h8,14,17-18,26H,6-7,9-13H2,1-5H3,(H,23,25)/t14-,17-,18+,21+,22-/m1/s1. The van der Waals surface area contributed by atoms with Crippen LogP contribution in [0.15, 0.2) is 11.6 Å². The third-order valence-electron chi connectivity index (χ3n) is 7.80. The van der Waals surface area contributed by atoms with Crippen LogP contribution in [-0.2, 0) is 14.3 Å². The van der Waals surface area contributed by atoms with Crippen molar-refractivity contribution in [2.24, 2.45) is 22.7 Å². The van der Waals surface area contributed by atoms with Crippen molar-refractivity contribution in [3.63, 3.8) is 0 Å². The topological polar surface area (TPSA) is 75.6 Å². The summed E-state index contributed by atoms with van der Waals surface area (Å²) >= 11 is 0. The predicted molar refractivity (Wildman–Crippen MR) is 104 cm³/mol. The van der Waals surface area contributed by atoms with Crippen molar-refractivity contribution < 1.29 is 19.4 Å². The summed E-state index contributed by atoms with van der Waals surface area (Å²) in [6.45, 7) is 10.8. The second-order valence-corrected chi connectivity index (χ2v) is 9.89. The lowest BCUT2D eigenvalue weighted by Crippen LogP contribution is -2.66. The Hall–Kier alpha value is -1.36. The van der Waals surface area contributed by atoms with Crippen molar-refractivity contribution in [1.29, 1.82) is 0 Å². The summed E-state index contributed by atoms with van der Waals surface area (Å²) in [4.78, 5) is 23.7. The molecule has 152 valence electrons. The molecule has 5 nitrogen and oxygen atoms in total. The van der Waals surface area contributed by atoms with E-state index >= 15 is 0 Å². The maximum absolute atomic E-state index is 12.0. The van der Waals surface area contributed by atoms with Crippen molar-refractivity contribution in [3.8, 4) is 0 Å². The lowest BCUT2D eigenvalue weighted by molar-refractivity contribution is -0.249. The molecule has 0 aromatic heterocycles. The average Bonchev–Trinajstić information content (AvgIpc) is 2.94. The number of esters is 1. The van der Waals surface area contributed by atoms with Gasteiger partial charge in [0.25, 0.3) is 0 Å². The van der Waals surface area contributed by atoms with Gasteiger partial charge in [-0.05, 0) is 43.4 Å². The van der Waals surface area contributed by atoms with Crippen LogP contribution in [0.5, 0.6) is 0 Å². The van der Waals surface area contributed by atoms with Crippen LogP contribution in [0.4, 0.5) is 0 Å². The largest absolute Gasteiger partial charge is 0.462 e. The van der Waals surface area contributed by atoms with Crippen LogP contribution in [0.3, 0.4) is 0 Å². The highest BCUT2D eigenvalue weighted by molar-refractivity contribution is 5.95. The monoisotopic (exact) mass is 377 g/mol. The van der Waals surface area contributed by atoms with E-state index in [9.17, 15) is 14.7 Å². The second kappa shape index (κ2) is 6.91. The Morgan fingerprint density at radius 3 is 2.63 bits per heavy atom. The number of nitrogens with one attached hydrogen (secondary N) is 1. The highest BCUT2D eigenvalue weighted by Gasteiger charge is 2.64. The molecule has 0 unspecified atom stereocenters. The number of hydrogen-bond donors (Lipinski definition) is 2. The maximum Gasteiger partial charge on any atom is 0.302 e. The lowest BCUT2D eigenvalue weighted by atomic mass is 9.43. The van der Waals surface area contributed by atoms with Crippen LogP contribution < -0.4 is 5.32 Å². The summed E-state index contributed by atoms with van der Waals surface area (Å²) < 4.78 is 5.79. The Kier molecular flexibility index (Phi) is 5.21. The summed E-state index contributed by atoms with van der Waals surface area (Å²) in [7, 11) is 0. The van der Waals surface area contributed by atoms with E-state index in [0.717, 1.165) is 24.8 Å². The Morgan fingerprint density at radius 2 is 2.04 bits per heavy atom. The number of rotatable bonds is 4. The third-order valence-corrected chi connectivity index (χ3v) is 7.80. The number of ether oxygens (including phenoxy) is 1. The normalized spacial score (nSPS) is 40.7. The zero-order valence-corrected chi connectivity index (χ0v) is 17.4. The van der Waals surface area contributed by atoms with Gasteiger partial charge in [0.05, 0.1) is 5.60 Å². The molecule has 0 aromatic rings. The zero-order valence-electron chi connectivity index (χ0n) is 17.4. The van der Waals surface area contributed by atoms with Gasteiger partial charge < -0.3 is 15.2 Å². The first-order chi connectivity index (χ1) is 12.5. The molecule has 0 saturated heterocycles. The van der Waals surface area contributed by atoms with Crippen molar-refractivity contribution in [2.75, 3.05) is 6.54 Å². The van der Waals surface area contributed by atoms with Crippen LogP contribution >= 0.6 is 0 Å². The van der Waals surface area contributed by atoms with Gasteiger partial charge in [0, 0.05) is 30.4 Å². The van der Waals surface area contributed by atoms with Gasteiger partial charge in [-0.15, -0.1) is 0 Å². The molecule has 27 heavy (non-hydrogen) atoms. The van der Waals surface area contributed by atoms with Gasteiger partial charge in [0.1, 0.15) is 6.10 Å². The smallest absolute Gasteiger partial charge is 0.302 e. The SMILES string of the molecule is CC(=O)O[C@@H]1C[C@@H](C)[C@](O)(CCC2=CCNC2=O)[C@@]2(C)CCCC(C)(C)[C@H]12. The van der Waals surface area contributed by atoms with Gasteiger partial charge >= 0.3 is 5.97 Å². The van der Waals surface area contributed by atoms with E-state index in [1.807, 2.05) is 6.08 Å². The Balaban J connectivity index is 1.94. The quantitative estimate of drug-likeness (QED) is 0.737. The highest BCUT2D eigenvalue weighted by atomic mass is 16.5. The van der Waals surface area contributed by atoms with Gasteiger partial charge in [-0.1, -0.05) is 40.2 Å². The number of hydrogen-bond acceptors (Lipinski definition) is 4. The van der Waals surface area contributed by atoms with Crippen LogP contribution in [0.2, 0.25) is 0 Å². The van der Waals surface area contributed by atoms with Crippen molar-refractivity contribution in [2.45, 2.75) is 84.8 Å². The second-order valence-electron chi connectivity index (χ2n) is 9.89. The molecule has 2 fully saturated rings. The van der Waals surface area contributed by atoms with E-state index in [1.54, 1.807) is 0 Å². The number of carbonyl (C=O) groups is 2. The van der Waals surface area contributed by atoms with Crippen LogP contribution in [-0.4, -0.2) is 35.2 Å². The summed E-state index contributed by atoms with van der Waals surface area (Å²) in [6.07, 6.45) is 6.67. The molecule has 0 spiro atoms. The van der Waals surface area contributed by atoms with Crippen LogP contribution in [0.1, 0.15) is 73.1 Å². The summed E-state index contributed by atoms with van der Waals surface area (Å²) in [6, 6.07) is 0. The van der Waals surface area contributed by atoms with E-state index in [1.165, 1.54) is 6.92 Å². The summed E-state index contributed by atoms with van der Waals surface area (Å²) in [5.41, 5.74) is -0.448. The van der Waals surface area contributed by atoms with Gasteiger partial charge in [0.15, 0.2) is 0 Å². The molecule has 0 radical (unpaired) electrons. The van der Waals surface area contributed by atoms with E-state index in [-0.39, 0.29) is 40.6 Å². The summed E-state index contributed by atoms with van der Waals surface area (Å²) in [5, 5.41) is 14.8. The molecule has 0 bridgehead atoms. The molecule has 1 aliphatic heterocycles. The minimum absolute atomic E-state index is 0.00191. The van der Waals surface area contributed by atoms with Crippen LogP contribution in [0.25, 0.3) is 0 Å². The fraction of sp³-hybridized carbons (Fsp3) is 0.818. The molecule has 5 atom stereocenters. The Labute approximate surface area is 162 Å². The van der Waals surface area contributed by atoms with E-state index in [4.69, 9.17) is 4.74 Å². The Morgan fingerprint density at radius 1 is 1.33 bits per heavy atom. The molecule has 2 aliphatic carbocycles. The lowest BCUT2D eigenvalue weighted by Gasteiger charge is -2.64. The number of fused-ring (bicyclic) bond motifs is 1. The molecule has 0 aromatic carbocycles. The van der Waals surface area contributed by atoms with Crippen molar-refractivity contribution >= 4 is 11.9 Å². The first-order valence-electron chi connectivity index (χ1n) is 10.4. The first kappa shape index (κ1) is 20.4. The number of amides is 1. The zero-order chi connectivity index (χ0) is 20.0. The van der Waals surface area contributed by atoms with Gasteiger partial charge in [-0.2, -0.15) is 0 Å². The van der Waals surface area contributed by atoms with E-state index in [2.05, 4.69) is 33.0 Å². The van der Waals surface area contributed by atoms with E-state index in [0.29, 0.717) is 25.8 Å². The molecule has 2 saturated carbocycles. The summed E-state index contributed by atoms with van der Waals surface area (Å²) in [5.74, 6) is -0.142. The third kappa shape index (κ3) is 3.32. The molecular formula is C22H35NO4. The number of carbonyl (C=O) groups excluding carboxylic acids is 2. The van der Waals surface area contributed by atoms with Gasteiger partial charge in [-0.3, -0.25) is 9.59 Å². The fourth-order valence-corrected chi connectivity index (χ4v) is 6.60. The molecule has 2 N–H and O–H groups in total. The minimum atomic E-state index is -0.879. The number of aliphatic hydroxyl groups is 1. The first-order valence-corrected chi connectivity index (χ1v) is 10.4.